The van der Waals surface area contributed by atoms with Gasteiger partial charge in [-0.25, -0.2) is 4.98 Å². The molecule has 1 fully saturated rings. The van der Waals surface area contributed by atoms with Crippen LogP contribution in [0, 0.1) is 5.92 Å². The second kappa shape index (κ2) is 9.24. The first-order chi connectivity index (χ1) is 10.3. The van der Waals surface area contributed by atoms with Crippen molar-refractivity contribution in [1.82, 2.24) is 14.9 Å². The van der Waals surface area contributed by atoms with E-state index in [9.17, 15) is 0 Å². The minimum Gasteiger partial charge on any atom is -0.338 e. The Morgan fingerprint density at radius 2 is 2.10 bits per heavy atom. The molecule has 1 aliphatic rings. The molecule has 0 bridgehead atoms. The van der Waals surface area contributed by atoms with Crippen LogP contribution in [0.2, 0.25) is 0 Å². The van der Waals surface area contributed by atoms with E-state index in [-0.39, 0.29) is 0 Å². The maximum atomic E-state index is 4.45. The van der Waals surface area contributed by atoms with Gasteiger partial charge in [-0.2, -0.15) is 0 Å². The van der Waals surface area contributed by atoms with Gasteiger partial charge in [-0.15, -0.1) is 0 Å². The number of imidazole rings is 1. The zero-order valence-corrected chi connectivity index (χ0v) is 14.0. The Hall–Kier alpha value is -0.830. The SMILES string of the molecule is CCCNC(CCc1nccn1C)CCC1CCCCC1. The van der Waals surface area contributed by atoms with Crippen LogP contribution >= 0.6 is 0 Å². The molecule has 1 unspecified atom stereocenters. The summed E-state index contributed by atoms with van der Waals surface area (Å²) in [7, 11) is 2.10. The molecule has 1 aromatic rings. The fraction of sp³-hybridized carbons (Fsp3) is 0.833. The Kier molecular flexibility index (Phi) is 7.28. The van der Waals surface area contributed by atoms with Crippen molar-refractivity contribution in [2.75, 3.05) is 6.54 Å². The van der Waals surface area contributed by atoms with E-state index >= 15 is 0 Å². The largest absolute Gasteiger partial charge is 0.338 e. The quantitative estimate of drug-likeness (QED) is 0.743. The van der Waals surface area contributed by atoms with Crippen molar-refractivity contribution >= 4 is 0 Å². The van der Waals surface area contributed by atoms with E-state index in [1.54, 1.807) is 0 Å². The number of nitrogens with zero attached hydrogens (tertiary/aromatic N) is 2. The molecule has 0 radical (unpaired) electrons. The van der Waals surface area contributed by atoms with Gasteiger partial charge in [0, 0.05) is 31.9 Å². The van der Waals surface area contributed by atoms with Crippen LogP contribution in [0.4, 0.5) is 0 Å². The lowest BCUT2D eigenvalue weighted by Crippen LogP contribution is -2.31. The lowest BCUT2D eigenvalue weighted by atomic mass is 9.85. The molecule has 0 spiro atoms. The molecule has 1 aromatic heterocycles. The van der Waals surface area contributed by atoms with E-state index in [4.69, 9.17) is 0 Å². The fourth-order valence-electron chi connectivity index (χ4n) is 3.55. The molecule has 0 amide bonds. The third-order valence-electron chi connectivity index (χ3n) is 4.97. The first-order valence-corrected chi connectivity index (χ1v) is 8.99. The molecule has 1 saturated carbocycles. The number of aromatic nitrogens is 2. The fourth-order valence-corrected chi connectivity index (χ4v) is 3.55. The van der Waals surface area contributed by atoms with E-state index in [0.29, 0.717) is 6.04 Å². The lowest BCUT2D eigenvalue weighted by molar-refractivity contribution is 0.308. The summed E-state index contributed by atoms with van der Waals surface area (Å²) >= 11 is 0. The molecule has 21 heavy (non-hydrogen) atoms. The normalized spacial score (nSPS) is 18.0. The molecule has 1 atom stereocenters. The Bertz CT molecular complexity index is 380. The topological polar surface area (TPSA) is 29.9 Å². The Balaban J connectivity index is 1.75. The summed E-state index contributed by atoms with van der Waals surface area (Å²) in [5.74, 6) is 2.22. The number of hydrogen-bond donors (Lipinski definition) is 1. The summed E-state index contributed by atoms with van der Waals surface area (Å²) in [6, 6.07) is 0.670. The third-order valence-corrected chi connectivity index (χ3v) is 4.97. The Labute approximate surface area is 130 Å². The van der Waals surface area contributed by atoms with Crippen LogP contribution in [-0.4, -0.2) is 22.1 Å². The van der Waals surface area contributed by atoms with Crippen molar-refractivity contribution in [3.05, 3.63) is 18.2 Å². The first-order valence-electron chi connectivity index (χ1n) is 8.99. The second-order valence-electron chi connectivity index (χ2n) is 6.73. The zero-order valence-electron chi connectivity index (χ0n) is 14.0. The predicted octanol–water partition coefficient (Wildman–Crippen LogP) is 4.08. The van der Waals surface area contributed by atoms with Crippen LogP contribution in [0.15, 0.2) is 12.4 Å². The van der Waals surface area contributed by atoms with Crippen molar-refractivity contribution < 1.29 is 0 Å². The summed E-state index contributed by atoms with van der Waals surface area (Å²) in [4.78, 5) is 4.45. The van der Waals surface area contributed by atoms with Gasteiger partial charge in [0.25, 0.3) is 0 Å². The van der Waals surface area contributed by atoms with E-state index in [1.165, 1.54) is 63.6 Å². The van der Waals surface area contributed by atoms with Crippen molar-refractivity contribution in [1.29, 1.82) is 0 Å². The maximum absolute atomic E-state index is 4.45. The number of aryl methyl sites for hydroxylation is 2. The van der Waals surface area contributed by atoms with E-state index in [2.05, 4.69) is 28.8 Å². The number of hydrogen-bond acceptors (Lipinski definition) is 2. The summed E-state index contributed by atoms with van der Waals surface area (Å²) in [6.07, 6.45) is 17.6. The van der Waals surface area contributed by atoms with Crippen LogP contribution in [-0.2, 0) is 13.5 Å². The minimum atomic E-state index is 0.670. The summed E-state index contributed by atoms with van der Waals surface area (Å²) < 4.78 is 2.15. The highest BCUT2D eigenvalue weighted by Gasteiger charge is 2.16. The second-order valence-corrected chi connectivity index (χ2v) is 6.73. The van der Waals surface area contributed by atoms with Gasteiger partial charge in [-0.05, 0) is 38.1 Å². The van der Waals surface area contributed by atoms with E-state index in [1.807, 2.05) is 12.4 Å². The average Bonchev–Trinajstić information content (AvgIpc) is 2.93. The average molecular weight is 291 g/mol. The molecule has 3 nitrogen and oxygen atoms in total. The molecule has 1 N–H and O–H groups in total. The molecule has 1 aliphatic carbocycles. The summed E-state index contributed by atoms with van der Waals surface area (Å²) in [6.45, 7) is 3.40. The van der Waals surface area contributed by atoms with Gasteiger partial charge in [0.2, 0.25) is 0 Å². The molecule has 0 aromatic carbocycles. The van der Waals surface area contributed by atoms with Crippen molar-refractivity contribution in [2.24, 2.45) is 13.0 Å². The van der Waals surface area contributed by atoms with Gasteiger partial charge in [-0.3, -0.25) is 0 Å². The Morgan fingerprint density at radius 1 is 1.29 bits per heavy atom. The van der Waals surface area contributed by atoms with Crippen molar-refractivity contribution in [3.8, 4) is 0 Å². The van der Waals surface area contributed by atoms with Gasteiger partial charge in [0.05, 0.1) is 0 Å². The first kappa shape index (κ1) is 16.5. The van der Waals surface area contributed by atoms with Crippen LogP contribution in [0.1, 0.15) is 70.5 Å². The predicted molar refractivity (Wildman–Crippen MR) is 89.4 cm³/mol. The van der Waals surface area contributed by atoms with Gasteiger partial charge in [0.15, 0.2) is 0 Å². The molecule has 3 heteroatoms. The zero-order chi connectivity index (χ0) is 14.9. The van der Waals surface area contributed by atoms with Crippen LogP contribution in [0.25, 0.3) is 0 Å². The molecule has 1 heterocycles. The maximum Gasteiger partial charge on any atom is 0.108 e. The third kappa shape index (κ3) is 5.82. The van der Waals surface area contributed by atoms with Gasteiger partial charge in [-0.1, -0.05) is 39.0 Å². The van der Waals surface area contributed by atoms with E-state index in [0.717, 1.165) is 18.9 Å². The van der Waals surface area contributed by atoms with Crippen molar-refractivity contribution in [3.63, 3.8) is 0 Å². The standard InChI is InChI=1S/C18H33N3/c1-3-13-19-17(10-9-16-7-5-4-6-8-16)11-12-18-20-14-15-21(18)2/h14-17,19H,3-13H2,1-2H3. The molecular weight excluding hydrogens is 258 g/mol. The monoisotopic (exact) mass is 291 g/mol. The summed E-state index contributed by atoms with van der Waals surface area (Å²) in [5, 5.41) is 3.75. The highest BCUT2D eigenvalue weighted by atomic mass is 15.0. The van der Waals surface area contributed by atoms with Gasteiger partial charge in [0.1, 0.15) is 5.82 Å². The van der Waals surface area contributed by atoms with Crippen molar-refractivity contribution in [2.45, 2.75) is 77.2 Å². The smallest absolute Gasteiger partial charge is 0.108 e. The van der Waals surface area contributed by atoms with Gasteiger partial charge < -0.3 is 9.88 Å². The molecular formula is C18H33N3. The molecule has 2 rings (SSSR count). The van der Waals surface area contributed by atoms with E-state index < -0.39 is 0 Å². The number of rotatable bonds is 9. The van der Waals surface area contributed by atoms with Crippen LogP contribution in [0.3, 0.4) is 0 Å². The highest BCUT2D eigenvalue weighted by molar-refractivity contribution is 4.92. The molecule has 120 valence electrons. The Morgan fingerprint density at radius 3 is 2.76 bits per heavy atom. The van der Waals surface area contributed by atoms with Gasteiger partial charge >= 0.3 is 0 Å². The van der Waals surface area contributed by atoms with Crippen LogP contribution in [0.5, 0.6) is 0 Å². The minimum absolute atomic E-state index is 0.670. The molecule has 0 saturated heterocycles. The summed E-state index contributed by atoms with van der Waals surface area (Å²) in [5.41, 5.74) is 0. The molecule has 0 aliphatic heterocycles. The number of nitrogens with one attached hydrogen (secondary N) is 1. The highest BCUT2D eigenvalue weighted by Crippen LogP contribution is 2.28. The van der Waals surface area contributed by atoms with Crippen LogP contribution < -0.4 is 5.32 Å². The lowest BCUT2D eigenvalue weighted by Gasteiger charge is -2.25.